The zero-order valence-corrected chi connectivity index (χ0v) is 13.7. The van der Waals surface area contributed by atoms with Gasteiger partial charge >= 0.3 is 0 Å². The van der Waals surface area contributed by atoms with Gasteiger partial charge in [0.25, 0.3) is 5.91 Å². The molecule has 0 aliphatic carbocycles. The van der Waals surface area contributed by atoms with E-state index >= 15 is 0 Å². The molecule has 1 N–H and O–H groups in total. The summed E-state index contributed by atoms with van der Waals surface area (Å²) in [4.78, 5) is 16.5. The number of β-amino-alcohol motifs (C(OH)–C–C–N with tert-alkyl or cyclic N) is 1. The van der Waals surface area contributed by atoms with Crippen molar-refractivity contribution in [3.8, 4) is 0 Å². The topological polar surface area (TPSA) is 66.2 Å². The fraction of sp³-hybridized carbons (Fsp3) is 0.706. The number of furan rings is 1. The van der Waals surface area contributed by atoms with Crippen molar-refractivity contribution in [2.45, 2.75) is 32.4 Å². The van der Waals surface area contributed by atoms with Gasteiger partial charge in [0.1, 0.15) is 5.76 Å². The number of aliphatic hydroxyl groups is 1. The van der Waals surface area contributed by atoms with Crippen LogP contribution in [-0.4, -0.2) is 66.3 Å². The molecule has 1 aromatic heterocycles. The SMILES string of the molecule is CC1CCN(Cc2ccc(C(=O)N3CCOCC(O)C3)o2)CC1. The van der Waals surface area contributed by atoms with E-state index in [0.717, 1.165) is 31.3 Å². The van der Waals surface area contributed by atoms with Gasteiger partial charge in [0, 0.05) is 13.1 Å². The van der Waals surface area contributed by atoms with Crippen molar-refractivity contribution >= 4 is 5.91 Å². The molecule has 1 aromatic rings. The quantitative estimate of drug-likeness (QED) is 0.910. The molecular weight excluding hydrogens is 296 g/mol. The van der Waals surface area contributed by atoms with E-state index < -0.39 is 6.10 Å². The molecule has 2 fully saturated rings. The predicted molar refractivity (Wildman–Crippen MR) is 85.1 cm³/mol. The van der Waals surface area contributed by atoms with Crippen molar-refractivity contribution in [3.63, 3.8) is 0 Å². The molecule has 1 amide bonds. The standard InChI is InChI=1S/C17H26N2O4/c1-13-4-6-18(7-5-13)11-15-2-3-16(23-15)17(21)19-8-9-22-12-14(20)10-19/h2-3,13-14,20H,4-12H2,1H3. The molecule has 0 bridgehead atoms. The number of nitrogens with zero attached hydrogens (tertiary/aromatic N) is 2. The van der Waals surface area contributed by atoms with Crippen LogP contribution in [0, 0.1) is 5.92 Å². The summed E-state index contributed by atoms with van der Waals surface area (Å²) >= 11 is 0. The fourth-order valence-corrected chi connectivity index (χ4v) is 3.15. The van der Waals surface area contributed by atoms with Crippen LogP contribution in [-0.2, 0) is 11.3 Å². The second-order valence-electron chi connectivity index (χ2n) is 6.70. The van der Waals surface area contributed by atoms with Crippen molar-refractivity contribution in [2.75, 3.05) is 39.4 Å². The van der Waals surface area contributed by atoms with Crippen LogP contribution in [0.5, 0.6) is 0 Å². The summed E-state index contributed by atoms with van der Waals surface area (Å²) < 4.78 is 11.0. The first-order valence-electron chi connectivity index (χ1n) is 8.48. The Labute approximate surface area is 137 Å². The molecule has 128 valence electrons. The van der Waals surface area contributed by atoms with Gasteiger partial charge in [-0.2, -0.15) is 0 Å². The molecular formula is C17H26N2O4. The van der Waals surface area contributed by atoms with Gasteiger partial charge in [0.15, 0.2) is 5.76 Å². The number of likely N-dealkylation sites (tertiary alicyclic amines) is 1. The van der Waals surface area contributed by atoms with Crippen molar-refractivity contribution in [1.82, 2.24) is 9.80 Å². The van der Waals surface area contributed by atoms with Gasteiger partial charge in [-0.05, 0) is 44.0 Å². The van der Waals surface area contributed by atoms with Crippen molar-refractivity contribution in [1.29, 1.82) is 0 Å². The van der Waals surface area contributed by atoms with E-state index in [1.807, 2.05) is 6.07 Å². The number of hydrogen-bond donors (Lipinski definition) is 1. The summed E-state index contributed by atoms with van der Waals surface area (Å²) in [5.74, 6) is 1.80. The van der Waals surface area contributed by atoms with E-state index in [0.29, 0.717) is 25.5 Å². The molecule has 2 saturated heterocycles. The highest BCUT2D eigenvalue weighted by molar-refractivity contribution is 5.91. The van der Waals surface area contributed by atoms with Crippen LogP contribution in [0.1, 0.15) is 36.1 Å². The van der Waals surface area contributed by atoms with Gasteiger partial charge in [-0.3, -0.25) is 9.69 Å². The maximum atomic E-state index is 12.5. The van der Waals surface area contributed by atoms with Crippen molar-refractivity contribution < 1.29 is 19.1 Å². The van der Waals surface area contributed by atoms with Crippen LogP contribution in [0.3, 0.4) is 0 Å². The monoisotopic (exact) mass is 322 g/mol. The third-order valence-corrected chi connectivity index (χ3v) is 4.66. The average molecular weight is 322 g/mol. The molecule has 6 heteroatoms. The van der Waals surface area contributed by atoms with E-state index in [1.54, 1.807) is 11.0 Å². The van der Waals surface area contributed by atoms with Gasteiger partial charge in [-0.25, -0.2) is 0 Å². The molecule has 2 aliphatic rings. The number of carbonyl (C=O) groups excluding carboxylic acids is 1. The number of rotatable bonds is 3. The minimum Gasteiger partial charge on any atom is -0.455 e. The molecule has 6 nitrogen and oxygen atoms in total. The van der Waals surface area contributed by atoms with E-state index in [1.165, 1.54) is 12.8 Å². The minimum atomic E-state index is -0.633. The lowest BCUT2D eigenvalue weighted by atomic mass is 9.99. The van der Waals surface area contributed by atoms with E-state index in [4.69, 9.17) is 9.15 Å². The molecule has 0 radical (unpaired) electrons. The summed E-state index contributed by atoms with van der Waals surface area (Å²) in [6, 6.07) is 3.62. The van der Waals surface area contributed by atoms with Crippen LogP contribution in [0.15, 0.2) is 16.5 Å². The zero-order valence-electron chi connectivity index (χ0n) is 13.7. The minimum absolute atomic E-state index is 0.173. The van der Waals surface area contributed by atoms with Crippen LogP contribution in [0.2, 0.25) is 0 Å². The van der Waals surface area contributed by atoms with Gasteiger partial charge < -0.3 is 19.2 Å². The lowest BCUT2D eigenvalue weighted by Gasteiger charge is -2.29. The smallest absolute Gasteiger partial charge is 0.289 e. The Bertz CT molecular complexity index is 522. The first-order valence-corrected chi connectivity index (χ1v) is 8.48. The number of piperidine rings is 1. The highest BCUT2D eigenvalue weighted by Crippen LogP contribution is 2.19. The second kappa shape index (κ2) is 7.47. The summed E-state index contributed by atoms with van der Waals surface area (Å²) in [6.45, 7) is 6.71. The lowest BCUT2D eigenvalue weighted by molar-refractivity contribution is 0.0524. The highest BCUT2D eigenvalue weighted by atomic mass is 16.5. The molecule has 0 aromatic carbocycles. The molecule has 1 unspecified atom stereocenters. The Balaban J connectivity index is 1.58. The summed E-state index contributed by atoms with van der Waals surface area (Å²) in [7, 11) is 0. The van der Waals surface area contributed by atoms with E-state index in [-0.39, 0.29) is 12.5 Å². The van der Waals surface area contributed by atoms with Gasteiger partial charge in [0.2, 0.25) is 0 Å². The van der Waals surface area contributed by atoms with Crippen LogP contribution < -0.4 is 0 Å². The summed E-state index contributed by atoms with van der Waals surface area (Å²) in [5, 5.41) is 9.74. The fourth-order valence-electron chi connectivity index (χ4n) is 3.15. The highest BCUT2D eigenvalue weighted by Gasteiger charge is 2.24. The second-order valence-corrected chi connectivity index (χ2v) is 6.70. The van der Waals surface area contributed by atoms with Gasteiger partial charge in [-0.15, -0.1) is 0 Å². The Morgan fingerprint density at radius 3 is 2.87 bits per heavy atom. The molecule has 0 spiro atoms. The first kappa shape index (κ1) is 16.5. The Hall–Kier alpha value is -1.37. The average Bonchev–Trinajstić information content (AvgIpc) is 2.89. The largest absolute Gasteiger partial charge is 0.455 e. The van der Waals surface area contributed by atoms with E-state index in [9.17, 15) is 9.90 Å². The molecule has 3 rings (SSSR count). The number of amides is 1. The van der Waals surface area contributed by atoms with Crippen LogP contribution in [0.4, 0.5) is 0 Å². The lowest BCUT2D eigenvalue weighted by Crippen LogP contribution is -2.37. The van der Waals surface area contributed by atoms with Crippen LogP contribution in [0.25, 0.3) is 0 Å². The third kappa shape index (κ3) is 4.34. The molecule has 23 heavy (non-hydrogen) atoms. The van der Waals surface area contributed by atoms with Gasteiger partial charge in [0.05, 0.1) is 25.9 Å². The number of hydrogen-bond acceptors (Lipinski definition) is 5. The summed E-state index contributed by atoms with van der Waals surface area (Å²) in [6.07, 6.45) is 1.81. The van der Waals surface area contributed by atoms with Crippen molar-refractivity contribution in [2.24, 2.45) is 5.92 Å². The molecule has 0 saturated carbocycles. The predicted octanol–water partition coefficient (Wildman–Crippen LogP) is 1.34. The zero-order chi connectivity index (χ0) is 16.2. The maximum Gasteiger partial charge on any atom is 0.289 e. The van der Waals surface area contributed by atoms with Crippen LogP contribution >= 0.6 is 0 Å². The first-order chi connectivity index (χ1) is 11.1. The molecule has 2 aliphatic heterocycles. The van der Waals surface area contributed by atoms with Crippen molar-refractivity contribution in [3.05, 3.63) is 23.7 Å². The number of ether oxygens (including phenoxy) is 1. The molecule has 1 atom stereocenters. The maximum absolute atomic E-state index is 12.5. The normalized spacial score (nSPS) is 24.6. The van der Waals surface area contributed by atoms with Gasteiger partial charge in [-0.1, -0.05) is 6.92 Å². The number of carbonyl (C=O) groups is 1. The third-order valence-electron chi connectivity index (χ3n) is 4.66. The number of aliphatic hydroxyl groups excluding tert-OH is 1. The Kier molecular flexibility index (Phi) is 5.35. The Morgan fingerprint density at radius 1 is 1.30 bits per heavy atom. The summed E-state index contributed by atoms with van der Waals surface area (Å²) in [5.41, 5.74) is 0. The Morgan fingerprint density at radius 2 is 2.09 bits per heavy atom. The molecule has 3 heterocycles. The van der Waals surface area contributed by atoms with E-state index in [2.05, 4.69) is 11.8 Å².